The number of hydrogen-bond donors (Lipinski definition) is 0. The predicted octanol–water partition coefficient (Wildman–Crippen LogP) is 11.0. The number of piperazine rings is 2. The normalized spacial score (nSPS) is 17.3. The molecule has 8 heterocycles. The van der Waals surface area contributed by atoms with E-state index in [0.717, 1.165) is 5.56 Å². The fourth-order valence-electron chi connectivity index (χ4n) is 11.6. The van der Waals surface area contributed by atoms with Crippen LogP contribution in [0.2, 0.25) is 10.0 Å². The Bertz CT molecular complexity index is 4290. The third-order valence-corrected chi connectivity index (χ3v) is 17.5. The van der Waals surface area contributed by atoms with Gasteiger partial charge in [0.1, 0.15) is 23.8 Å². The second-order valence-electron chi connectivity index (χ2n) is 23.1. The maximum atomic E-state index is 15.4. The lowest BCUT2D eigenvalue weighted by molar-refractivity contribution is -0.129. The number of amides is 2. The van der Waals surface area contributed by atoms with Crippen molar-refractivity contribution in [2.75, 3.05) is 42.2 Å². The lowest BCUT2D eigenvalue weighted by Gasteiger charge is -2.44. The van der Waals surface area contributed by atoms with Gasteiger partial charge in [-0.1, -0.05) is 102 Å². The van der Waals surface area contributed by atoms with Gasteiger partial charge in [-0.05, 0) is 106 Å². The van der Waals surface area contributed by atoms with Crippen LogP contribution in [-0.4, -0.2) is 126 Å². The molecule has 0 aliphatic carbocycles. The van der Waals surface area contributed by atoms with Crippen molar-refractivity contribution < 1.29 is 18.2 Å². The van der Waals surface area contributed by atoms with Gasteiger partial charge in [-0.25, -0.2) is 43.0 Å². The van der Waals surface area contributed by atoms with E-state index < -0.39 is 28.0 Å². The summed E-state index contributed by atoms with van der Waals surface area (Å²) in [5.74, 6) is -0.286. The van der Waals surface area contributed by atoms with Gasteiger partial charge < -0.3 is 19.6 Å². The summed E-state index contributed by atoms with van der Waals surface area (Å²) in [4.78, 5) is 94.1. The Morgan fingerprint density at radius 3 is 1.64 bits per heavy atom. The van der Waals surface area contributed by atoms with E-state index in [2.05, 4.69) is 44.1 Å². The molecule has 2 amide bonds. The Kier molecular flexibility index (Phi) is 18.9. The molecule has 23 heteroatoms. The van der Waals surface area contributed by atoms with Crippen molar-refractivity contribution in [1.82, 2.24) is 53.8 Å². The summed E-state index contributed by atoms with van der Waals surface area (Å²) in [5.41, 5.74) is 4.70. The first-order valence-corrected chi connectivity index (χ1v) is 31.2. The van der Waals surface area contributed by atoms with Crippen LogP contribution in [0, 0.1) is 24.1 Å². The summed E-state index contributed by atoms with van der Waals surface area (Å²) < 4.78 is 31.0. The minimum atomic E-state index is -1.55. The molecule has 0 spiro atoms. The Hall–Kier alpha value is -8.58. The predicted molar refractivity (Wildman–Crippen MR) is 345 cm³/mol. The van der Waals surface area contributed by atoms with Gasteiger partial charge in [0.25, 0.3) is 0 Å². The number of halogens is 3. The third kappa shape index (κ3) is 12.0. The van der Waals surface area contributed by atoms with Crippen molar-refractivity contribution in [3.63, 3.8) is 0 Å². The van der Waals surface area contributed by atoms with Crippen LogP contribution in [0.15, 0.2) is 113 Å². The topological polar surface area (TPSA) is 222 Å². The first-order valence-electron chi connectivity index (χ1n) is 28.9. The molecule has 2 aromatic carbocycles. The molecular formula is C65H69Cl2FN14O5S. The zero-order valence-corrected chi connectivity index (χ0v) is 53.5. The zero-order valence-electron chi connectivity index (χ0n) is 51.2. The second-order valence-corrected chi connectivity index (χ2v) is 25.3. The van der Waals surface area contributed by atoms with Gasteiger partial charge in [-0.15, -0.1) is 0 Å². The van der Waals surface area contributed by atoms with E-state index in [1.54, 1.807) is 58.5 Å². The number of fused-ring (bicyclic) bond motifs is 2. The highest BCUT2D eigenvalue weighted by atomic mass is 35.5. The molecule has 6 aromatic heterocycles. The van der Waals surface area contributed by atoms with E-state index >= 15 is 4.39 Å². The van der Waals surface area contributed by atoms with Crippen molar-refractivity contribution in [1.29, 1.82) is 5.26 Å². The molecule has 0 bridgehead atoms. The van der Waals surface area contributed by atoms with Gasteiger partial charge in [0, 0.05) is 68.4 Å². The summed E-state index contributed by atoms with van der Waals surface area (Å²) in [5, 5.41) is 11.3. The molecule has 8 aromatic rings. The van der Waals surface area contributed by atoms with Crippen LogP contribution in [-0.2, 0) is 20.4 Å². The molecule has 5 unspecified atom stereocenters. The van der Waals surface area contributed by atoms with Crippen molar-refractivity contribution in [2.45, 2.75) is 123 Å². The molecule has 2 fully saturated rings. The first kappa shape index (κ1) is 63.9. The van der Waals surface area contributed by atoms with Crippen molar-refractivity contribution in [3.8, 4) is 40.0 Å². The van der Waals surface area contributed by atoms with E-state index in [4.69, 9.17) is 33.2 Å². The number of aryl methyl sites for hydroxylation is 1. The lowest BCUT2D eigenvalue weighted by Crippen LogP contribution is -2.58. The SMILES string of the molecule is C=CC(=O)N1CC(C)N(c2nc(=O)n(-c3c(C(C)C)ncnc3C(C)C)c3nc(-c4ccccc4C#N)c(Cl)cc23)CC1C.C=CC(=O)N1CC(C)N(c2nc(=O)n(-c3c(C)ccnc3C(C)C)c3nc(-c4c(F)cccc4S(C)=O)c(Cl)cc23)CC1C. The average Bonchev–Trinajstić information content (AvgIpc) is 1.13. The van der Waals surface area contributed by atoms with Crippen LogP contribution in [0.1, 0.15) is 115 Å². The molecule has 456 valence electrons. The average molecular weight is 1250 g/mol. The highest BCUT2D eigenvalue weighted by molar-refractivity contribution is 7.84. The summed E-state index contributed by atoms with van der Waals surface area (Å²) in [6.07, 6.45) is 7.28. The fourth-order valence-corrected chi connectivity index (χ4v) is 12.9. The number of hydrogen-bond acceptors (Lipinski definition) is 15. The van der Waals surface area contributed by atoms with Crippen LogP contribution >= 0.6 is 23.2 Å². The highest BCUT2D eigenvalue weighted by Gasteiger charge is 2.37. The van der Waals surface area contributed by atoms with Crippen LogP contribution in [0.4, 0.5) is 16.0 Å². The number of anilines is 2. The number of benzene rings is 2. The number of aromatic nitrogens is 9. The van der Waals surface area contributed by atoms with Crippen molar-refractivity contribution in [2.24, 2.45) is 0 Å². The zero-order chi connectivity index (χ0) is 63.9. The molecule has 88 heavy (non-hydrogen) atoms. The van der Waals surface area contributed by atoms with E-state index in [9.17, 15) is 28.6 Å². The second kappa shape index (κ2) is 26.0. The van der Waals surface area contributed by atoms with Crippen molar-refractivity contribution >= 4 is 79.5 Å². The minimum absolute atomic E-state index is 0.00290. The van der Waals surface area contributed by atoms with E-state index in [1.807, 2.05) is 92.0 Å². The van der Waals surface area contributed by atoms with Crippen LogP contribution in [0.25, 0.3) is 56.0 Å². The van der Waals surface area contributed by atoms with Gasteiger partial charge >= 0.3 is 11.4 Å². The van der Waals surface area contributed by atoms with Gasteiger partial charge in [-0.3, -0.25) is 18.8 Å². The Balaban J connectivity index is 0.000000209. The quantitative estimate of drug-likeness (QED) is 0.104. The first-order chi connectivity index (χ1) is 41.8. The van der Waals surface area contributed by atoms with Crippen LogP contribution in [0.3, 0.4) is 0 Å². The molecule has 2 aliphatic heterocycles. The molecule has 0 saturated carbocycles. The maximum Gasteiger partial charge on any atom is 0.355 e. The Labute approximate surface area is 522 Å². The summed E-state index contributed by atoms with van der Waals surface area (Å²) in [6, 6.07) is 18.1. The fraction of sp³-hybridized carbons (Fsp3) is 0.354. The van der Waals surface area contributed by atoms with E-state index in [0.29, 0.717) is 105 Å². The number of nitrogens with zero attached hydrogens (tertiary/aromatic N) is 14. The summed E-state index contributed by atoms with van der Waals surface area (Å²) >= 11 is 13.8. The van der Waals surface area contributed by atoms with Gasteiger partial charge in [-0.2, -0.15) is 15.2 Å². The van der Waals surface area contributed by atoms with Crippen LogP contribution in [0.5, 0.6) is 0 Å². The molecule has 2 saturated heterocycles. The molecular weight excluding hydrogens is 1180 g/mol. The number of pyridine rings is 3. The van der Waals surface area contributed by atoms with E-state index in [1.165, 1.54) is 46.0 Å². The number of carbonyl (C=O) groups is 2. The molecule has 5 atom stereocenters. The molecule has 2 aliphatic rings. The van der Waals surface area contributed by atoms with E-state index in [-0.39, 0.29) is 80.6 Å². The van der Waals surface area contributed by atoms with Gasteiger partial charge in [0.05, 0.1) is 93.6 Å². The monoisotopic (exact) mass is 1250 g/mol. The van der Waals surface area contributed by atoms with Crippen molar-refractivity contribution in [3.05, 3.63) is 164 Å². The minimum Gasteiger partial charge on any atom is -0.349 e. The summed E-state index contributed by atoms with van der Waals surface area (Å²) in [7, 11) is -1.55. The third-order valence-electron chi connectivity index (χ3n) is 16.0. The number of carbonyl (C=O) groups excluding carboxylic acids is 2. The molecule has 0 N–H and O–H groups in total. The molecule has 0 radical (unpaired) electrons. The van der Waals surface area contributed by atoms with Crippen LogP contribution < -0.4 is 21.2 Å². The van der Waals surface area contributed by atoms with Gasteiger partial charge in [0.15, 0.2) is 11.3 Å². The smallest absolute Gasteiger partial charge is 0.349 e. The molecule has 10 rings (SSSR count). The Morgan fingerprint density at radius 1 is 0.670 bits per heavy atom. The molecule has 19 nitrogen and oxygen atoms in total. The summed E-state index contributed by atoms with van der Waals surface area (Å²) in [6.45, 7) is 30.6. The van der Waals surface area contributed by atoms with Gasteiger partial charge in [0.2, 0.25) is 11.8 Å². The number of rotatable bonds is 12. The number of nitriles is 1. The highest BCUT2D eigenvalue weighted by Crippen LogP contribution is 2.41. The Morgan fingerprint density at radius 2 is 1.15 bits per heavy atom. The maximum absolute atomic E-state index is 15.4. The standard InChI is InChI=1S/C33H35ClN8O2.C32H34ClFN6O3S/c1-8-26(43)40-15-21(7)41(16-20(40)6)31-24-13-25(34)29(23-12-10-9-11-22(23)14-35)38-32(24)42(33(44)39-31)30-27(18(2)3)36-17-37-28(30)19(4)5;1-8-25(41)38-15-20(6)39(16-19(38)5)30-21-14-22(33)28(26-23(34)10-9-11-24(26)44(7)43)36-31(21)40(32(42)37-30)29-18(4)12-13-35-27(29)17(2)3/h8-13,17-21H,1,15-16H2,2-7H3;8-14,17,19-20H,1,15-16H2,2-7H3. The largest absolute Gasteiger partial charge is 0.355 e. The lowest BCUT2D eigenvalue weighted by atomic mass is 10.0.